The quantitative estimate of drug-likeness (QED) is 0.864. The van der Waals surface area contributed by atoms with Crippen LogP contribution in [0.5, 0.6) is 0 Å². The van der Waals surface area contributed by atoms with Crippen LogP contribution in [0.2, 0.25) is 0 Å². The highest BCUT2D eigenvalue weighted by Gasteiger charge is 2.55. The Labute approximate surface area is 130 Å². The lowest BCUT2D eigenvalue weighted by atomic mass is 9.58. The molecule has 2 heterocycles. The molecule has 1 aliphatic heterocycles. The van der Waals surface area contributed by atoms with Gasteiger partial charge in [0.1, 0.15) is 5.69 Å². The van der Waals surface area contributed by atoms with E-state index in [1.807, 2.05) is 25.1 Å². The summed E-state index contributed by atoms with van der Waals surface area (Å²) < 4.78 is 5.38. The van der Waals surface area contributed by atoms with Gasteiger partial charge in [0.05, 0.1) is 18.0 Å². The Bertz CT molecular complexity index is 538. The van der Waals surface area contributed by atoms with Gasteiger partial charge in [-0.2, -0.15) is 0 Å². The van der Waals surface area contributed by atoms with Gasteiger partial charge in [-0.05, 0) is 31.4 Å². The number of aromatic nitrogens is 1. The number of nitrogens with one attached hydrogen (secondary N) is 1. The molecule has 22 heavy (non-hydrogen) atoms. The molecule has 1 aliphatic carbocycles. The van der Waals surface area contributed by atoms with E-state index in [4.69, 9.17) is 4.74 Å². The summed E-state index contributed by atoms with van der Waals surface area (Å²) in [5.74, 6) is -0.173. The van der Waals surface area contributed by atoms with Gasteiger partial charge >= 0.3 is 0 Å². The number of nitrogens with zero attached hydrogens (tertiary/aromatic N) is 2. The molecular weight excluding hydrogens is 282 g/mol. The Hall–Kier alpha value is -1.66. The number of carbonyl (C=O) groups is 1. The maximum atomic E-state index is 12.4. The number of ether oxygens (including phenoxy) is 1. The maximum absolute atomic E-state index is 12.4. The van der Waals surface area contributed by atoms with Crippen LogP contribution in [-0.2, 0) is 4.74 Å². The second-order valence-electron chi connectivity index (χ2n) is 6.42. The zero-order valence-electron chi connectivity index (χ0n) is 13.1. The summed E-state index contributed by atoms with van der Waals surface area (Å²) in [6, 6.07) is 3.62. The Morgan fingerprint density at radius 3 is 2.68 bits per heavy atom. The van der Waals surface area contributed by atoms with Crippen LogP contribution in [0.3, 0.4) is 0 Å². The number of carbonyl (C=O) groups excluding carboxylic acids is 1. The molecule has 1 saturated carbocycles. The summed E-state index contributed by atoms with van der Waals surface area (Å²) in [5.41, 5.74) is 1.16. The molecule has 120 valence electrons. The van der Waals surface area contributed by atoms with Crippen LogP contribution in [0.1, 0.15) is 29.8 Å². The van der Waals surface area contributed by atoms with E-state index in [-0.39, 0.29) is 23.5 Å². The molecule has 3 rings (SSSR count). The van der Waals surface area contributed by atoms with Crippen molar-refractivity contribution in [1.82, 2.24) is 10.3 Å². The Balaban J connectivity index is 1.66. The Morgan fingerprint density at radius 1 is 1.41 bits per heavy atom. The minimum Gasteiger partial charge on any atom is -0.392 e. The molecule has 6 nitrogen and oxygen atoms in total. The molecule has 6 heteroatoms. The molecule has 2 atom stereocenters. The fraction of sp³-hybridized carbons (Fsp3) is 0.625. The molecule has 0 aromatic carbocycles. The molecule has 1 saturated heterocycles. The van der Waals surface area contributed by atoms with Crippen molar-refractivity contribution in [3.8, 4) is 0 Å². The monoisotopic (exact) mass is 305 g/mol. The second-order valence-corrected chi connectivity index (χ2v) is 6.42. The molecular formula is C16H23N3O3. The van der Waals surface area contributed by atoms with Gasteiger partial charge in [0.2, 0.25) is 0 Å². The molecule has 1 spiro atoms. The molecule has 1 aromatic heterocycles. The summed E-state index contributed by atoms with van der Waals surface area (Å²) in [6.45, 7) is 1.30. The zero-order valence-corrected chi connectivity index (χ0v) is 13.1. The Morgan fingerprint density at radius 2 is 2.14 bits per heavy atom. The minimum absolute atomic E-state index is 0.00854. The highest BCUT2D eigenvalue weighted by atomic mass is 16.5. The van der Waals surface area contributed by atoms with Gasteiger partial charge < -0.3 is 20.1 Å². The first-order valence-corrected chi connectivity index (χ1v) is 7.73. The lowest BCUT2D eigenvalue weighted by molar-refractivity contribution is -0.145. The van der Waals surface area contributed by atoms with Crippen molar-refractivity contribution in [2.75, 3.05) is 32.2 Å². The summed E-state index contributed by atoms with van der Waals surface area (Å²) in [5, 5.41) is 13.2. The van der Waals surface area contributed by atoms with E-state index >= 15 is 0 Å². The third kappa shape index (κ3) is 2.57. The van der Waals surface area contributed by atoms with E-state index in [9.17, 15) is 9.90 Å². The fourth-order valence-corrected chi connectivity index (χ4v) is 3.42. The summed E-state index contributed by atoms with van der Waals surface area (Å²) >= 11 is 0. The summed E-state index contributed by atoms with van der Waals surface area (Å²) in [6.07, 6.45) is 3.56. The normalized spacial score (nSPS) is 26.3. The van der Waals surface area contributed by atoms with Gasteiger partial charge in [-0.25, -0.2) is 4.98 Å². The highest BCUT2D eigenvalue weighted by molar-refractivity contribution is 5.92. The predicted octanol–water partition coefficient (Wildman–Crippen LogP) is 0.807. The lowest BCUT2D eigenvalue weighted by Crippen LogP contribution is -2.65. The smallest absolute Gasteiger partial charge is 0.270 e. The first-order chi connectivity index (χ1) is 10.5. The molecule has 2 fully saturated rings. The molecule has 0 bridgehead atoms. The third-order valence-electron chi connectivity index (χ3n) is 5.04. The number of aliphatic hydroxyl groups is 1. The number of hydrogen-bond donors (Lipinski definition) is 2. The molecule has 1 aromatic rings. The van der Waals surface area contributed by atoms with Crippen LogP contribution in [0.4, 0.5) is 5.69 Å². The topological polar surface area (TPSA) is 74.7 Å². The van der Waals surface area contributed by atoms with Crippen molar-refractivity contribution < 1.29 is 14.6 Å². The fourth-order valence-electron chi connectivity index (χ4n) is 3.42. The van der Waals surface area contributed by atoms with Crippen LogP contribution in [0, 0.1) is 5.41 Å². The number of amides is 1. The van der Waals surface area contributed by atoms with E-state index in [0.717, 1.165) is 18.5 Å². The number of hydrogen-bond acceptors (Lipinski definition) is 5. The average Bonchev–Trinajstić information content (AvgIpc) is 2.55. The standard InChI is InChI=1S/C16H23N3O3/c1-19(2)11-3-4-12(17-10-11)15(21)18-13-9-14(20)16(13)5-7-22-8-6-16/h3-4,10,13-14,20H,5-9H2,1-2H3,(H,18,21)/t13-,14-/m1/s1. The number of pyridine rings is 1. The first kappa shape index (κ1) is 15.2. The van der Waals surface area contributed by atoms with Crippen LogP contribution in [0.15, 0.2) is 18.3 Å². The van der Waals surface area contributed by atoms with Gasteiger partial charge in [0.25, 0.3) is 5.91 Å². The molecule has 0 unspecified atom stereocenters. The predicted molar refractivity (Wildman–Crippen MR) is 82.9 cm³/mol. The molecule has 2 aliphatic rings. The van der Waals surface area contributed by atoms with Crippen molar-refractivity contribution in [1.29, 1.82) is 0 Å². The van der Waals surface area contributed by atoms with Gasteiger partial charge in [-0.3, -0.25) is 4.79 Å². The van der Waals surface area contributed by atoms with Gasteiger partial charge in [0.15, 0.2) is 0 Å². The summed E-state index contributed by atoms with van der Waals surface area (Å²) in [7, 11) is 3.86. The molecule has 0 radical (unpaired) electrons. The highest BCUT2D eigenvalue weighted by Crippen LogP contribution is 2.48. The van der Waals surface area contributed by atoms with Crippen LogP contribution in [-0.4, -0.2) is 55.5 Å². The van der Waals surface area contributed by atoms with Gasteiger partial charge in [0, 0.05) is 38.8 Å². The lowest BCUT2D eigenvalue weighted by Gasteiger charge is -2.55. The minimum atomic E-state index is -0.342. The second kappa shape index (κ2) is 5.85. The zero-order chi connectivity index (χ0) is 15.7. The number of aliphatic hydroxyl groups excluding tert-OH is 1. The van der Waals surface area contributed by atoms with Crippen molar-refractivity contribution in [3.05, 3.63) is 24.0 Å². The third-order valence-corrected chi connectivity index (χ3v) is 5.04. The first-order valence-electron chi connectivity index (χ1n) is 7.73. The average molecular weight is 305 g/mol. The van der Waals surface area contributed by atoms with Crippen LogP contribution >= 0.6 is 0 Å². The van der Waals surface area contributed by atoms with Gasteiger partial charge in [-0.15, -0.1) is 0 Å². The van der Waals surface area contributed by atoms with E-state index in [1.54, 1.807) is 12.3 Å². The van der Waals surface area contributed by atoms with Crippen LogP contribution in [0.25, 0.3) is 0 Å². The molecule has 2 N–H and O–H groups in total. The Kier molecular flexibility index (Phi) is 4.06. The van der Waals surface area contributed by atoms with E-state index in [1.165, 1.54) is 0 Å². The largest absolute Gasteiger partial charge is 0.392 e. The summed E-state index contributed by atoms with van der Waals surface area (Å²) in [4.78, 5) is 18.5. The van der Waals surface area contributed by atoms with Gasteiger partial charge in [-0.1, -0.05) is 0 Å². The number of rotatable bonds is 3. The van der Waals surface area contributed by atoms with Crippen molar-refractivity contribution in [2.45, 2.75) is 31.4 Å². The molecule has 1 amide bonds. The van der Waals surface area contributed by atoms with E-state index in [0.29, 0.717) is 25.3 Å². The van der Waals surface area contributed by atoms with E-state index < -0.39 is 0 Å². The SMILES string of the molecule is CN(C)c1ccc(C(=O)N[C@@H]2C[C@@H](O)C23CCOCC3)nc1. The van der Waals surface area contributed by atoms with Crippen LogP contribution < -0.4 is 10.2 Å². The van der Waals surface area contributed by atoms with Crippen molar-refractivity contribution in [3.63, 3.8) is 0 Å². The van der Waals surface area contributed by atoms with Crippen molar-refractivity contribution >= 4 is 11.6 Å². The van der Waals surface area contributed by atoms with E-state index in [2.05, 4.69) is 10.3 Å². The number of anilines is 1. The van der Waals surface area contributed by atoms with Crippen molar-refractivity contribution in [2.24, 2.45) is 5.41 Å². The maximum Gasteiger partial charge on any atom is 0.270 e.